The summed E-state index contributed by atoms with van der Waals surface area (Å²) in [6.07, 6.45) is 1.69. The quantitative estimate of drug-likeness (QED) is 0.419. The number of benzene rings is 1. The Kier molecular flexibility index (Phi) is 4.12. The molecule has 2 heterocycles. The molecule has 7 heteroatoms. The van der Waals surface area contributed by atoms with Crippen LogP contribution in [0.5, 0.6) is 0 Å². The van der Waals surface area contributed by atoms with Gasteiger partial charge in [0.1, 0.15) is 9.71 Å². The molecule has 0 atom stereocenters. The van der Waals surface area contributed by atoms with Gasteiger partial charge in [0.2, 0.25) is 0 Å². The number of ether oxygens (including phenoxy) is 1. The summed E-state index contributed by atoms with van der Waals surface area (Å²) in [7, 11) is 5.16. The lowest BCUT2D eigenvalue weighted by atomic mass is 10.3. The zero-order valence-corrected chi connectivity index (χ0v) is 13.9. The zero-order valence-electron chi connectivity index (χ0n) is 13.1. The second-order valence-electron chi connectivity index (χ2n) is 5.10. The third kappa shape index (κ3) is 2.95. The van der Waals surface area contributed by atoms with Gasteiger partial charge in [0.15, 0.2) is 5.82 Å². The Balaban J connectivity index is 2.19. The molecule has 0 amide bonds. The Bertz CT molecular complexity index is 865. The van der Waals surface area contributed by atoms with E-state index in [1.165, 1.54) is 18.4 Å². The molecule has 0 radical (unpaired) electrons. The lowest BCUT2D eigenvalue weighted by molar-refractivity contribution is 0.0606. The number of fused-ring (bicyclic) bond motifs is 1. The fourth-order valence-corrected chi connectivity index (χ4v) is 3.15. The Morgan fingerprint density at radius 2 is 2.09 bits per heavy atom. The van der Waals surface area contributed by atoms with Gasteiger partial charge in [-0.15, -0.1) is 16.4 Å². The molecule has 3 aromatic rings. The second-order valence-corrected chi connectivity index (χ2v) is 6.13. The van der Waals surface area contributed by atoms with E-state index in [0.29, 0.717) is 10.7 Å². The van der Waals surface area contributed by atoms with Gasteiger partial charge in [-0.05, 0) is 18.2 Å². The highest BCUT2D eigenvalue weighted by Gasteiger charge is 2.18. The van der Waals surface area contributed by atoms with E-state index in [2.05, 4.69) is 10.1 Å². The van der Waals surface area contributed by atoms with Crippen molar-refractivity contribution in [3.05, 3.63) is 41.3 Å². The average molecular weight is 328 g/mol. The summed E-state index contributed by atoms with van der Waals surface area (Å²) < 4.78 is 6.61. The van der Waals surface area contributed by atoms with Crippen molar-refractivity contribution in [3.8, 4) is 5.69 Å². The highest BCUT2D eigenvalue weighted by molar-refractivity contribution is 7.20. The predicted octanol–water partition coefficient (Wildman–Crippen LogP) is 3.10. The van der Waals surface area contributed by atoms with Crippen LogP contribution in [-0.2, 0) is 4.74 Å². The Labute approximate surface area is 137 Å². The van der Waals surface area contributed by atoms with Crippen molar-refractivity contribution in [2.75, 3.05) is 21.2 Å². The maximum absolute atomic E-state index is 11.8. The van der Waals surface area contributed by atoms with Crippen LogP contribution < -0.4 is 0 Å². The summed E-state index contributed by atoms with van der Waals surface area (Å²) in [6.45, 7) is 0. The van der Waals surface area contributed by atoms with E-state index in [9.17, 15) is 4.79 Å². The number of carbonyl (C=O) groups excluding carboxylic acids is 1. The van der Waals surface area contributed by atoms with Crippen LogP contribution in [0.1, 0.15) is 9.67 Å². The molecular formula is C16H16N4O2S. The molecule has 0 saturated heterocycles. The molecule has 0 fully saturated rings. The van der Waals surface area contributed by atoms with Gasteiger partial charge in [-0.3, -0.25) is 0 Å². The molecule has 0 unspecified atom stereocenters. The van der Waals surface area contributed by atoms with Crippen molar-refractivity contribution >= 4 is 39.7 Å². The molecule has 0 bridgehead atoms. The van der Waals surface area contributed by atoms with Crippen molar-refractivity contribution < 1.29 is 9.53 Å². The van der Waals surface area contributed by atoms with Gasteiger partial charge in [0, 0.05) is 14.1 Å². The number of methoxy groups -OCH3 is 1. The number of carbonyl (C=O) groups is 1. The number of hydrogen-bond donors (Lipinski definition) is 0. The maximum Gasteiger partial charge on any atom is 0.348 e. The first-order chi connectivity index (χ1) is 11.1. The number of aromatic nitrogens is 2. The van der Waals surface area contributed by atoms with Crippen molar-refractivity contribution in [2.24, 2.45) is 4.99 Å². The van der Waals surface area contributed by atoms with Gasteiger partial charge in [-0.25, -0.2) is 14.5 Å². The minimum absolute atomic E-state index is 0.353. The highest BCUT2D eigenvalue weighted by atomic mass is 32.1. The number of hydrogen-bond acceptors (Lipinski definition) is 5. The van der Waals surface area contributed by atoms with Crippen LogP contribution in [0, 0.1) is 0 Å². The monoisotopic (exact) mass is 328 g/mol. The molecule has 1 aromatic carbocycles. The molecule has 0 N–H and O–H groups in total. The zero-order chi connectivity index (χ0) is 16.4. The summed E-state index contributed by atoms with van der Waals surface area (Å²) in [6, 6.07) is 11.5. The molecule has 6 nitrogen and oxygen atoms in total. The SMILES string of the molecule is COC(=O)c1cc2c(N=CN(C)C)nn(-c3ccccc3)c2s1. The average Bonchev–Trinajstić information content (AvgIpc) is 3.12. The number of para-hydroxylation sites is 1. The van der Waals surface area contributed by atoms with Crippen LogP contribution in [0.3, 0.4) is 0 Å². The van der Waals surface area contributed by atoms with Crippen LogP contribution >= 0.6 is 11.3 Å². The van der Waals surface area contributed by atoms with Crippen molar-refractivity contribution in [1.29, 1.82) is 0 Å². The van der Waals surface area contributed by atoms with Crippen LogP contribution in [-0.4, -0.2) is 48.2 Å². The van der Waals surface area contributed by atoms with Crippen molar-refractivity contribution in [3.63, 3.8) is 0 Å². The van der Waals surface area contributed by atoms with Crippen LogP contribution in [0.15, 0.2) is 41.4 Å². The molecule has 0 aliphatic carbocycles. The van der Waals surface area contributed by atoms with E-state index < -0.39 is 0 Å². The van der Waals surface area contributed by atoms with Gasteiger partial charge >= 0.3 is 5.97 Å². The highest BCUT2D eigenvalue weighted by Crippen LogP contribution is 2.34. The first-order valence-corrected chi connectivity index (χ1v) is 7.78. The molecule has 0 aliphatic heterocycles. The fraction of sp³-hybridized carbons (Fsp3) is 0.188. The first kappa shape index (κ1) is 15.2. The Morgan fingerprint density at radius 3 is 2.74 bits per heavy atom. The van der Waals surface area contributed by atoms with Gasteiger partial charge in [0.05, 0.1) is 24.5 Å². The first-order valence-electron chi connectivity index (χ1n) is 6.97. The summed E-state index contributed by atoms with van der Waals surface area (Å²) in [5.41, 5.74) is 0.919. The van der Waals surface area contributed by atoms with Gasteiger partial charge in [-0.2, -0.15) is 0 Å². The van der Waals surface area contributed by atoms with Crippen LogP contribution in [0.2, 0.25) is 0 Å². The van der Waals surface area contributed by atoms with E-state index in [0.717, 1.165) is 15.9 Å². The topological polar surface area (TPSA) is 59.7 Å². The van der Waals surface area contributed by atoms with Gasteiger partial charge in [0.25, 0.3) is 0 Å². The molecule has 2 aromatic heterocycles. The van der Waals surface area contributed by atoms with Crippen LogP contribution in [0.25, 0.3) is 15.9 Å². The molecular weight excluding hydrogens is 312 g/mol. The largest absolute Gasteiger partial charge is 0.465 e. The lowest BCUT2D eigenvalue weighted by Gasteiger charge is -2.02. The van der Waals surface area contributed by atoms with E-state index in [1.54, 1.807) is 17.1 Å². The normalized spacial score (nSPS) is 11.3. The van der Waals surface area contributed by atoms with Gasteiger partial charge < -0.3 is 9.64 Å². The molecule has 23 heavy (non-hydrogen) atoms. The molecule has 0 aliphatic rings. The number of nitrogens with zero attached hydrogens (tertiary/aromatic N) is 4. The van der Waals surface area contributed by atoms with E-state index in [1.807, 2.05) is 49.3 Å². The molecule has 0 spiro atoms. The fourth-order valence-electron chi connectivity index (χ4n) is 2.10. The van der Waals surface area contributed by atoms with Crippen molar-refractivity contribution in [2.45, 2.75) is 0 Å². The maximum atomic E-state index is 11.8. The Morgan fingerprint density at radius 1 is 1.35 bits per heavy atom. The van der Waals surface area contributed by atoms with E-state index >= 15 is 0 Å². The standard InChI is InChI=1S/C16H16N4O2S/c1-19(2)10-17-14-12-9-13(16(21)22-3)23-15(12)20(18-14)11-7-5-4-6-8-11/h4-10H,1-3H3. The third-order valence-electron chi connectivity index (χ3n) is 3.14. The van der Waals surface area contributed by atoms with E-state index in [4.69, 9.17) is 4.74 Å². The molecule has 118 valence electrons. The van der Waals surface area contributed by atoms with Crippen LogP contribution in [0.4, 0.5) is 5.82 Å². The molecule has 3 rings (SSSR count). The van der Waals surface area contributed by atoms with E-state index in [-0.39, 0.29) is 5.97 Å². The minimum atomic E-state index is -0.353. The number of aliphatic imine (C=N–C) groups is 1. The smallest absolute Gasteiger partial charge is 0.348 e. The number of esters is 1. The van der Waals surface area contributed by atoms with Crippen molar-refractivity contribution in [1.82, 2.24) is 14.7 Å². The van der Waals surface area contributed by atoms with Gasteiger partial charge in [-0.1, -0.05) is 18.2 Å². The second kappa shape index (κ2) is 6.21. The molecule has 0 saturated carbocycles. The lowest BCUT2D eigenvalue weighted by Crippen LogP contribution is -2.07. The Hall–Kier alpha value is -2.67. The number of rotatable bonds is 4. The predicted molar refractivity (Wildman–Crippen MR) is 92.1 cm³/mol. The summed E-state index contributed by atoms with van der Waals surface area (Å²) in [5.74, 6) is 0.220. The summed E-state index contributed by atoms with van der Waals surface area (Å²) >= 11 is 1.34. The minimum Gasteiger partial charge on any atom is -0.465 e. The summed E-state index contributed by atoms with van der Waals surface area (Å²) in [4.78, 5) is 19.5. The third-order valence-corrected chi connectivity index (χ3v) is 4.23. The number of thiophene rings is 1. The summed E-state index contributed by atoms with van der Waals surface area (Å²) in [5, 5.41) is 5.40.